The van der Waals surface area contributed by atoms with Gasteiger partial charge in [-0.3, -0.25) is 4.98 Å². The van der Waals surface area contributed by atoms with Crippen LogP contribution in [-0.4, -0.2) is 61.2 Å². The molecule has 2 aliphatic heterocycles. The highest BCUT2D eigenvalue weighted by Crippen LogP contribution is 2.38. The third kappa shape index (κ3) is 5.46. The predicted molar refractivity (Wildman–Crippen MR) is 131 cm³/mol. The number of hydrogen-bond donors (Lipinski definition) is 2. The van der Waals surface area contributed by atoms with Gasteiger partial charge in [0.2, 0.25) is 0 Å². The van der Waals surface area contributed by atoms with Crippen LogP contribution in [0.5, 0.6) is 0 Å². The Bertz CT molecular complexity index is 1100. The van der Waals surface area contributed by atoms with Crippen LogP contribution >= 0.6 is 0 Å². The van der Waals surface area contributed by atoms with Gasteiger partial charge >= 0.3 is 0 Å². The largest absolute Gasteiger partial charge is 0.394 e. The van der Waals surface area contributed by atoms with Gasteiger partial charge < -0.3 is 19.7 Å². The fraction of sp³-hybridized carbons (Fsp3) is 0.519. The van der Waals surface area contributed by atoms with Crippen LogP contribution < -0.4 is 0 Å². The van der Waals surface area contributed by atoms with Gasteiger partial charge in [-0.15, -0.1) is 5.10 Å². The van der Waals surface area contributed by atoms with Crippen LogP contribution in [0, 0.1) is 0 Å². The molecule has 0 amide bonds. The van der Waals surface area contributed by atoms with Gasteiger partial charge in [0.1, 0.15) is 11.3 Å². The van der Waals surface area contributed by atoms with Crippen molar-refractivity contribution >= 4 is 0 Å². The summed E-state index contributed by atoms with van der Waals surface area (Å²) in [5.74, 6) is 0. The molecule has 8 nitrogen and oxygen atoms in total. The summed E-state index contributed by atoms with van der Waals surface area (Å²) in [4.78, 5) is 4.21. The molecule has 4 heterocycles. The number of nitrogens with zero attached hydrogens (tertiary/aromatic N) is 4. The van der Waals surface area contributed by atoms with Gasteiger partial charge in [0.05, 0.1) is 43.3 Å². The fourth-order valence-corrected chi connectivity index (χ4v) is 5.11. The van der Waals surface area contributed by atoms with E-state index < -0.39 is 5.60 Å². The van der Waals surface area contributed by atoms with Gasteiger partial charge in [0, 0.05) is 18.8 Å². The summed E-state index contributed by atoms with van der Waals surface area (Å²) < 4.78 is 14.6. The van der Waals surface area contributed by atoms with E-state index in [0.29, 0.717) is 5.69 Å². The van der Waals surface area contributed by atoms with Crippen LogP contribution in [0.2, 0.25) is 0 Å². The molecule has 5 rings (SSSR count). The second-order valence-electron chi connectivity index (χ2n) is 10.2. The summed E-state index contributed by atoms with van der Waals surface area (Å²) in [5.41, 5.74) is 2.97. The first kappa shape index (κ1) is 24.1. The molecule has 2 aromatic heterocycles. The predicted octanol–water partition coefficient (Wildman–Crippen LogP) is 3.44. The summed E-state index contributed by atoms with van der Waals surface area (Å²) in [7, 11) is 0. The van der Waals surface area contributed by atoms with E-state index in [1.54, 1.807) is 20.0 Å². The van der Waals surface area contributed by atoms with E-state index >= 15 is 0 Å². The van der Waals surface area contributed by atoms with Gasteiger partial charge in [0.25, 0.3) is 0 Å². The Morgan fingerprint density at radius 1 is 1.06 bits per heavy atom. The van der Waals surface area contributed by atoms with E-state index in [1.807, 2.05) is 23.1 Å². The number of rotatable bonds is 7. The standard InChI is InChI=1S/C27H34N4O4/c1-27(2,33)26-16-31(30-29-26)22-14-25-24(12-10-21(17-32)34-25)35-23(22)11-7-18-5-8-19(9-6-18)20-4-3-13-28-15-20/h3-6,8-9,13,15-16,21-25,32-33H,7,10-12,14,17H2,1-2H3/t21-,22-,23-,24+,25+/m1/s1. The number of pyridine rings is 1. The molecule has 1 aromatic carbocycles. The lowest BCUT2D eigenvalue weighted by atomic mass is 9.88. The first-order valence-electron chi connectivity index (χ1n) is 12.5. The molecule has 35 heavy (non-hydrogen) atoms. The van der Waals surface area contributed by atoms with Crippen LogP contribution in [0.3, 0.4) is 0 Å². The zero-order chi connectivity index (χ0) is 24.4. The normalized spacial score (nSPS) is 26.9. The molecule has 0 unspecified atom stereocenters. The van der Waals surface area contributed by atoms with Crippen LogP contribution in [0.4, 0.5) is 0 Å². The SMILES string of the molecule is CC(C)(O)c1cn([C@@H]2C[C@@H]3O[C@@H](CO)CC[C@@H]3O[C@@H]2CCc2ccc(-c3cccnc3)cc2)nn1. The third-order valence-electron chi connectivity index (χ3n) is 7.15. The van der Waals surface area contributed by atoms with Crippen molar-refractivity contribution in [2.24, 2.45) is 0 Å². The molecule has 0 radical (unpaired) electrons. The first-order valence-corrected chi connectivity index (χ1v) is 12.5. The molecule has 0 bridgehead atoms. The molecule has 0 saturated carbocycles. The second-order valence-corrected chi connectivity index (χ2v) is 10.2. The minimum atomic E-state index is -1.06. The average molecular weight is 479 g/mol. The van der Waals surface area contributed by atoms with Gasteiger partial charge in [-0.1, -0.05) is 35.5 Å². The average Bonchev–Trinajstić information content (AvgIpc) is 3.38. The van der Waals surface area contributed by atoms with E-state index in [9.17, 15) is 10.2 Å². The van der Waals surface area contributed by atoms with Crippen molar-refractivity contribution in [1.82, 2.24) is 20.0 Å². The summed E-state index contributed by atoms with van der Waals surface area (Å²) >= 11 is 0. The van der Waals surface area contributed by atoms with E-state index in [-0.39, 0.29) is 37.1 Å². The van der Waals surface area contributed by atoms with Crippen LogP contribution in [0.1, 0.15) is 56.8 Å². The molecule has 8 heteroatoms. The summed E-state index contributed by atoms with van der Waals surface area (Å²) in [6.07, 6.45) is 9.33. The Balaban J connectivity index is 1.32. The number of aryl methyl sites for hydroxylation is 1. The number of hydrogen-bond acceptors (Lipinski definition) is 7. The minimum absolute atomic E-state index is 0.0179. The van der Waals surface area contributed by atoms with Gasteiger partial charge in [0.15, 0.2) is 0 Å². The summed E-state index contributed by atoms with van der Waals surface area (Å²) in [5, 5.41) is 28.5. The quantitative estimate of drug-likeness (QED) is 0.536. The topological polar surface area (TPSA) is 103 Å². The van der Waals surface area contributed by atoms with Crippen LogP contribution in [-0.2, 0) is 21.5 Å². The summed E-state index contributed by atoms with van der Waals surface area (Å²) in [6.45, 7) is 3.44. The van der Waals surface area contributed by atoms with Gasteiger partial charge in [-0.2, -0.15) is 0 Å². The molecule has 0 aliphatic carbocycles. The number of ether oxygens (including phenoxy) is 2. The second kappa shape index (κ2) is 10.1. The number of aromatic nitrogens is 4. The minimum Gasteiger partial charge on any atom is -0.394 e. The van der Waals surface area contributed by atoms with Crippen molar-refractivity contribution in [2.45, 2.75) is 82.0 Å². The lowest BCUT2D eigenvalue weighted by Gasteiger charge is -2.45. The van der Waals surface area contributed by atoms with Crippen LogP contribution in [0.15, 0.2) is 55.0 Å². The Hall–Kier alpha value is -2.65. The Morgan fingerprint density at radius 2 is 1.89 bits per heavy atom. The molecule has 2 N–H and O–H groups in total. The molecular formula is C27H34N4O4. The highest BCUT2D eigenvalue weighted by Gasteiger charge is 2.43. The number of benzene rings is 1. The lowest BCUT2D eigenvalue weighted by Crippen LogP contribution is -2.51. The number of aliphatic hydroxyl groups is 2. The molecule has 2 saturated heterocycles. The van der Waals surface area contributed by atoms with Crippen molar-refractivity contribution in [2.75, 3.05) is 6.61 Å². The van der Waals surface area contributed by atoms with Crippen molar-refractivity contribution in [3.05, 3.63) is 66.2 Å². The maximum absolute atomic E-state index is 10.4. The summed E-state index contributed by atoms with van der Waals surface area (Å²) in [6, 6.07) is 12.6. The van der Waals surface area contributed by atoms with E-state index in [2.05, 4.69) is 45.6 Å². The van der Waals surface area contributed by atoms with Crippen molar-refractivity contribution < 1.29 is 19.7 Å². The van der Waals surface area contributed by atoms with Crippen molar-refractivity contribution in [3.63, 3.8) is 0 Å². The maximum Gasteiger partial charge on any atom is 0.114 e. The number of fused-ring (bicyclic) bond motifs is 1. The third-order valence-corrected chi connectivity index (χ3v) is 7.15. The molecule has 5 atom stereocenters. The Kier molecular flexibility index (Phi) is 6.98. The van der Waals surface area contributed by atoms with E-state index in [1.165, 1.54) is 5.56 Å². The maximum atomic E-state index is 10.4. The van der Waals surface area contributed by atoms with Gasteiger partial charge in [-0.25, -0.2) is 4.68 Å². The van der Waals surface area contributed by atoms with Crippen molar-refractivity contribution in [3.8, 4) is 11.1 Å². The van der Waals surface area contributed by atoms with E-state index in [0.717, 1.165) is 43.2 Å². The lowest BCUT2D eigenvalue weighted by molar-refractivity contribution is -0.209. The molecule has 3 aromatic rings. The fourth-order valence-electron chi connectivity index (χ4n) is 5.11. The van der Waals surface area contributed by atoms with Crippen molar-refractivity contribution in [1.29, 1.82) is 0 Å². The van der Waals surface area contributed by atoms with Gasteiger partial charge in [-0.05, 0) is 62.3 Å². The van der Waals surface area contributed by atoms with Crippen LogP contribution in [0.25, 0.3) is 11.1 Å². The molecule has 2 fully saturated rings. The first-order chi connectivity index (χ1) is 16.9. The highest BCUT2D eigenvalue weighted by molar-refractivity contribution is 5.62. The molecular weight excluding hydrogens is 444 g/mol. The van der Waals surface area contributed by atoms with E-state index in [4.69, 9.17) is 9.47 Å². The zero-order valence-corrected chi connectivity index (χ0v) is 20.3. The Morgan fingerprint density at radius 3 is 2.57 bits per heavy atom. The zero-order valence-electron chi connectivity index (χ0n) is 20.3. The molecule has 2 aliphatic rings. The smallest absolute Gasteiger partial charge is 0.114 e. The monoisotopic (exact) mass is 478 g/mol. The number of aliphatic hydroxyl groups excluding tert-OH is 1. The molecule has 0 spiro atoms. The Labute approximate surface area is 205 Å². The highest BCUT2D eigenvalue weighted by atomic mass is 16.6. The molecule has 186 valence electrons.